The van der Waals surface area contributed by atoms with Crippen LogP contribution in [0, 0.1) is 5.92 Å². The molecule has 1 aromatic carbocycles. The van der Waals surface area contributed by atoms with Gasteiger partial charge in [-0.1, -0.05) is 37.3 Å². The van der Waals surface area contributed by atoms with Gasteiger partial charge < -0.3 is 20.3 Å². The van der Waals surface area contributed by atoms with Gasteiger partial charge in [0.25, 0.3) is 0 Å². The van der Waals surface area contributed by atoms with Crippen molar-refractivity contribution in [2.45, 2.75) is 33.0 Å². The van der Waals surface area contributed by atoms with Crippen molar-refractivity contribution < 1.29 is 9.90 Å². The Kier molecular flexibility index (Phi) is 6.17. The highest BCUT2D eigenvalue weighted by atomic mass is 16.3. The van der Waals surface area contributed by atoms with E-state index in [0.717, 1.165) is 12.4 Å². The summed E-state index contributed by atoms with van der Waals surface area (Å²) in [7, 11) is 0. The van der Waals surface area contributed by atoms with Crippen LogP contribution >= 0.6 is 0 Å². The maximum absolute atomic E-state index is 11.9. The number of aliphatic hydroxyl groups is 1. The van der Waals surface area contributed by atoms with E-state index in [1.54, 1.807) is 6.20 Å². The second-order valence-corrected chi connectivity index (χ2v) is 5.73. The lowest BCUT2D eigenvalue weighted by Gasteiger charge is -2.19. The monoisotopic (exact) mass is 316 g/mol. The largest absolute Gasteiger partial charge is 0.396 e. The molecule has 124 valence electrons. The molecule has 0 saturated carbocycles. The third-order valence-corrected chi connectivity index (χ3v) is 3.90. The number of aromatic nitrogens is 2. The second kappa shape index (κ2) is 8.33. The Morgan fingerprint density at radius 2 is 2.04 bits per heavy atom. The zero-order chi connectivity index (χ0) is 16.7. The summed E-state index contributed by atoms with van der Waals surface area (Å²) in [6.45, 7) is 4.88. The van der Waals surface area contributed by atoms with Gasteiger partial charge in [0, 0.05) is 31.6 Å². The summed E-state index contributed by atoms with van der Waals surface area (Å²) in [4.78, 5) is 16.2. The van der Waals surface area contributed by atoms with E-state index < -0.39 is 0 Å². The number of benzene rings is 1. The number of nitrogens with zero attached hydrogens (tertiary/aromatic N) is 2. The zero-order valence-electron chi connectivity index (χ0n) is 13.6. The van der Waals surface area contributed by atoms with E-state index >= 15 is 0 Å². The van der Waals surface area contributed by atoms with Crippen molar-refractivity contribution in [2.24, 2.45) is 5.92 Å². The van der Waals surface area contributed by atoms with E-state index in [0.29, 0.717) is 6.54 Å². The van der Waals surface area contributed by atoms with Crippen LogP contribution in [0.3, 0.4) is 0 Å². The molecule has 0 aliphatic heterocycles. The average Bonchev–Trinajstić information content (AvgIpc) is 3.00. The number of imidazole rings is 1. The van der Waals surface area contributed by atoms with Gasteiger partial charge in [-0.2, -0.15) is 0 Å². The molecule has 2 aromatic rings. The molecule has 0 radical (unpaired) electrons. The van der Waals surface area contributed by atoms with Gasteiger partial charge >= 0.3 is 6.03 Å². The Labute approximate surface area is 136 Å². The van der Waals surface area contributed by atoms with Crippen LogP contribution in [-0.2, 0) is 13.1 Å². The maximum atomic E-state index is 11.9. The highest BCUT2D eigenvalue weighted by molar-refractivity contribution is 5.74. The first kappa shape index (κ1) is 17.0. The van der Waals surface area contributed by atoms with Gasteiger partial charge in [-0.25, -0.2) is 9.78 Å². The smallest absolute Gasteiger partial charge is 0.315 e. The predicted octanol–water partition coefficient (Wildman–Crippen LogP) is 1.75. The molecular weight excluding hydrogens is 292 g/mol. The molecule has 0 aliphatic rings. The minimum Gasteiger partial charge on any atom is -0.396 e. The van der Waals surface area contributed by atoms with E-state index in [2.05, 4.69) is 27.8 Å². The molecule has 6 nitrogen and oxygen atoms in total. The highest BCUT2D eigenvalue weighted by Crippen LogP contribution is 2.05. The Balaban J connectivity index is 1.87. The van der Waals surface area contributed by atoms with Crippen molar-refractivity contribution in [3.05, 3.63) is 54.1 Å². The Morgan fingerprint density at radius 1 is 1.30 bits per heavy atom. The van der Waals surface area contributed by atoms with Crippen molar-refractivity contribution in [3.63, 3.8) is 0 Å². The summed E-state index contributed by atoms with van der Waals surface area (Å²) in [5, 5.41) is 14.7. The average molecular weight is 316 g/mol. The van der Waals surface area contributed by atoms with E-state index in [-0.39, 0.29) is 24.6 Å². The third-order valence-electron chi connectivity index (χ3n) is 3.90. The van der Waals surface area contributed by atoms with Crippen LogP contribution in [0.25, 0.3) is 0 Å². The van der Waals surface area contributed by atoms with Crippen LogP contribution in [-0.4, -0.2) is 33.3 Å². The first-order valence-electron chi connectivity index (χ1n) is 7.79. The first-order chi connectivity index (χ1) is 11.1. The first-order valence-corrected chi connectivity index (χ1v) is 7.79. The summed E-state index contributed by atoms with van der Waals surface area (Å²) < 4.78 is 2.01. The van der Waals surface area contributed by atoms with Crippen molar-refractivity contribution in [1.29, 1.82) is 0 Å². The molecule has 23 heavy (non-hydrogen) atoms. The number of amides is 2. The van der Waals surface area contributed by atoms with Crippen LogP contribution in [0.4, 0.5) is 4.79 Å². The number of urea groups is 1. The van der Waals surface area contributed by atoms with E-state index in [1.165, 1.54) is 5.56 Å². The van der Waals surface area contributed by atoms with Crippen molar-refractivity contribution in [2.75, 3.05) is 6.61 Å². The van der Waals surface area contributed by atoms with Gasteiger partial charge in [-0.15, -0.1) is 0 Å². The topological polar surface area (TPSA) is 79.2 Å². The van der Waals surface area contributed by atoms with E-state index in [9.17, 15) is 4.79 Å². The Hall–Kier alpha value is -2.34. The van der Waals surface area contributed by atoms with E-state index in [1.807, 2.05) is 42.8 Å². The van der Waals surface area contributed by atoms with Crippen LogP contribution < -0.4 is 10.6 Å². The molecule has 0 saturated heterocycles. The molecule has 1 heterocycles. The predicted molar refractivity (Wildman–Crippen MR) is 88.9 cm³/mol. The van der Waals surface area contributed by atoms with Gasteiger partial charge in [0.15, 0.2) is 0 Å². The Bertz CT molecular complexity index is 612. The fraction of sp³-hybridized carbons (Fsp3) is 0.412. The second-order valence-electron chi connectivity index (χ2n) is 5.73. The minimum absolute atomic E-state index is 0.0146. The number of rotatable bonds is 7. The third kappa shape index (κ3) is 5.10. The standard InChI is InChI=1S/C17H24N4O2/c1-13(12-22)14(2)20-17(23)19-10-16-18-8-9-21(16)11-15-6-4-3-5-7-15/h3-9,13-14,22H,10-12H2,1-2H3,(H2,19,20,23). The summed E-state index contributed by atoms with van der Waals surface area (Å²) in [5.74, 6) is 0.813. The lowest BCUT2D eigenvalue weighted by Crippen LogP contribution is -2.44. The molecule has 0 fully saturated rings. The van der Waals surface area contributed by atoms with E-state index in [4.69, 9.17) is 5.11 Å². The number of carbonyl (C=O) groups excluding carboxylic acids is 1. The molecule has 6 heteroatoms. The van der Waals surface area contributed by atoms with Gasteiger partial charge in [-0.3, -0.25) is 0 Å². The van der Waals surface area contributed by atoms with Crippen LogP contribution in [0.1, 0.15) is 25.2 Å². The zero-order valence-corrected chi connectivity index (χ0v) is 13.6. The summed E-state index contributed by atoms with van der Waals surface area (Å²) in [6.07, 6.45) is 3.63. The summed E-state index contributed by atoms with van der Waals surface area (Å²) >= 11 is 0. The van der Waals surface area contributed by atoms with Gasteiger partial charge in [-0.05, 0) is 18.4 Å². The molecule has 0 aliphatic carbocycles. The molecule has 0 spiro atoms. The summed E-state index contributed by atoms with van der Waals surface area (Å²) in [5.41, 5.74) is 1.18. The Morgan fingerprint density at radius 3 is 2.74 bits per heavy atom. The number of carbonyl (C=O) groups is 1. The minimum atomic E-state index is -0.257. The number of aliphatic hydroxyl groups excluding tert-OH is 1. The van der Waals surface area contributed by atoms with Gasteiger partial charge in [0.05, 0.1) is 6.54 Å². The molecular formula is C17H24N4O2. The SMILES string of the molecule is CC(CO)C(C)NC(=O)NCc1nccn1Cc1ccccc1. The lowest BCUT2D eigenvalue weighted by molar-refractivity contribution is 0.200. The van der Waals surface area contributed by atoms with Crippen LogP contribution in [0.15, 0.2) is 42.7 Å². The highest BCUT2D eigenvalue weighted by Gasteiger charge is 2.14. The number of nitrogens with one attached hydrogen (secondary N) is 2. The number of hydrogen-bond acceptors (Lipinski definition) is 3. The molecule has 3 N–H and O–H groups in total. The molecule has 0 bridgehead atoms. The normalized spacial score (nSPS) is 13.3. The van der Waals surface area contributed by atoms with Gasteiger partial charge in [0.1, 0.15) is 5.82 Å². The van der Waals surface area contributed by atoms with Crippen molar-refractivity contribution in [3.8, 4) is 0 Å². The maximum Gasteiger partial charge on any atom is 0.315 e. The van der Waals surface area contributed by atoms with Gasteiger partial charge in [0.2, 0.25) is 0 Å². The summed E-state index contributed by atoms with van der Waals surface area (Å²) in [6, 6.07) is 9.75. The van der Waals surface area contributed by atoms with Crippen molar-refractivity contribution >= 4 is 6.03 Å². The van der Waals surface area contributed by atoms with Crippen molar-refractivity contribution in [1.82, 2.24) is 20.2 Å². The fourth-order valence-corrected chi connectivity index (χ4v) is 2.15. The quantitative estimate of drug-likeness (QED) is 0.728. The van der Waals surface area contributed by atoms with Crippen LogP contribution in [0.2, 0.25) is 0 Å². The molecule has 2 rings (SSSR count). The lowest BCUT2D eigenvalue weighted by atomic mass is 10.1. The molecule has 2 amide bonds. The molecule has 2 atom stereocenters. The molecule has 2 unspecified atom stereocenters. The number of hydrogen-bond donors (Lipinski definition) is 3. The molecule has 1 aromatic heterocycles. The van der Waals surface area contributed by atoms with Crippen LogP contribution in [0.5, 0.6) is 0 Å². The fourth-order valence-electron chi connectivity index (χ4n) is 2.15.